The summed E-state index contributed by atoms with van der Waals surface area (Å²) < 4.78 is 9.55. The molecule has 168 valence electrons. The maximum Gasteiger partial charge on any atom is 0.265 e. The van der Waals surface area contributed by atoms with E-state index in [2.05, 4.69) is 11.5 Å². The number of fused-ring (bicyclic) bond motifs is 4. The van der Waals surface area contributed by atoms with Gasteiger partial charge in [0, 0.05) is 32.2 Å². The summed E-state index contributed by atoms with van der Waals surface area (Å²) in [6.07, 6.45) is 7.33. The van der Waals surface area contributed by atoms with Gasteiger partial charge in [0.1, 0.15) is 16.7 Å². The Labute approximate surface area is 187 Å². The number of aryl methyl sites for hydroxylation is 1. The molecule has 1 saturated carbocycles. The van der Waals surface area contributed by atoms with Crippen LogP contribution in [0.15, 0.2) is 29.1 Å². The van der Waals surface area contributed by atoms with Crippen molar-refractivity contribution in [2.75, 3.05) is 13.2 Å². The summed E-state index contributed by atoms with van der Waals surface area (Å²) in [7, 11) is 0. The first-order valence-electron chi connectivity index (χ1n) is 12.0. The number of hydrogen-bond donors (Lipinski definition) is 0. The van der Waals surface area contributed by atoms with Crippen LogP contribution in [0.25, 0.3) is 33.2 Å². The average Bonchev–Trinajstić information content (AvgIpc) is 3.14. The Balaban J connectivity index is 1.79. The van der Waals surface area contributed by atoms with E-state index in [4.69, 9.17) is 19.7 Å². The second-order valence-corrected chi connectivity index (χ2v) is 8.63. The molecule has 1 aliphatic carbocycles. The smallest absolute Gasteiger partial charge is 0.265 e. The van der Waals surface area contributed by atoms with Gasteiger partial charge in [-0.3, -0.25) is 9.36 Å². The van der Waals surface area contributed by atoms with E-state index in [0.29, 0.717) is 43.1 Å². The van der Waals surface area contributed by atoms with E-state index in [-0.39, 0.29) is 5.56 Å². The van der Waals surface area contributed by atoms with Gasteiger partial charge in [-0.1, -0.05) is 38.3 Å². The van der Waals surface area contributed by atoms with E-state index >= 15 is 0 Å². The summed E-state index contributed by atoms with van der Waals surface area (Å²) in [5.74, 6) is 0.823. The monoisotopic (exact) mass is 433 g/mol. The van der Waals surface area contributed by atoms with Crippen molar-refractivity contribution < 1.29 is 4.74 Å². The molecule has 0 amide bonds. The van der Waals surface area contributed by atoms with Crippen LogP contribution in [0, 0.1) is 0 Å². The molecule has 1 fully saturated rings. The molecule has 4 aromatic rings. The minimum atomic E-state index is -0.00695. The van der Waals surface area contributed by atoms with Gasteiger partial charge in [-0.15, -0.1) is 0 Å². The van der Waals surface area contributed by atoms with Gasteiger partial charge in [0.15, 0.2) is 11.3 Å². The first kappa shape index (κ1) is 21.1. The van der Waals surface area contributed by atoms with Gasteiger partial charge in [0.2, 0.25) is 0 Å². The molecule has 0 spiro atoms. The van der Waals surface area contributed by atoms with Crippen molar-refractivity contribution in [2.24, 2.45) is 0 Å². The van der Waals surface area contributed by atoms with Gasteiger partial charge < -0.3 is 9.30 Å². The van der Waals surface area contributed by atoms with Crippen LogP contribution >= 0.6 is 0 Å². The Morgan fingerprint density at radius 3 is 2.47 bits per heavy atom. The number of para-hydroxylation sites is 2. The lowest BCUT2D eigenvalue weighted by atomic mass is 9.95. The second kappa shape index (κ2) is 8.98. The van der Waals surface area contributed by atoms with Crippen molar-refractivity contribution in [3.8, 4) is 0 Å². The first-order valence-corrected chi connectivity index (χ1v) is 12.0. The Hall–Kier alpha value is -2.80. The van der Waals surface area contributed by atoms with Gasteiger partial charge in [0.05, 0.1) is 11.0 Å². The quantitative estimate of drug-likeness (QED) is 0.392. The van der Waals surface area contributed by atoms with E-state index in [1.807, 2.05) is 35.8 Å². The molecule has 32 heavy (non-hydrogen) atoms. The highest BCUT2D eigenvalue weighted by Crippen LogP contribution is 2.35. The third-order valence-electron chi connectivity index (χ3n) is 6.61. The molecular formula is C25H31N5O2. The summed E-state index contributed by atoms with van der Waals surface area (Å²) in [6.45, 7) is 5.97. The average molecular weight is 434 g/mol. The zero-order chi connectivity index (χ0) is 22.1. The van der Waals surface area contributed by atoms with Crippen LogP contribution in [0.1, 0.15) is 64.2 Å². The largest absolute Gasteiger partial charge is 0.382 e. The van der Waals surface area contributed by atoms with Gasteiger partial charge >= 0.3 is 0 Å². The number of hydrogen-bond acceptors (Lipinski definition) is 5. The minimum absolute atomic E-state index is 0.00695. The normalized spacial score (nSPS) is 15.3. The molecule has 0 aliphatic heterocycles. The third-order valence-corrected chi connectivity index (χ3v) is 6.61. The van der Waals surface area contributed by atoms with Crippen LogP contribution in [0.3, 0.4) is 0 Å². The highest BCUT2D eigenvalue weighted by molar-refractivity contribution is 6.04. The molecule has 0 saturated heterocycles. The molecule has 7 nitrogen and oxygen atoms in total. The summed E-state index contributed by atoms with van der Waals surface area (Å²) >= 11 is 0. The van der Waals surface area contributed by atoms with Crippen molar-refractivity contribution in [1.82, 2.24) is 24.1 Å². The molecular weight excluding hydrogens is 402 g/mol. The van der Waals surface area contributed by atoms with Crippen LogP contribution in [0.5, 0.6) is 0 Å². The molecule has 0 atom stereocenters. The molecule has 3 heterocycles. The van der Waals surface area contributed by atoms with Gasteiger partial charge in [-0.2, -0.15) is 0 Å². The molecule has 0 N–H and O–H groups in total. The van der Waals surface area contributed by atoms with Crippen LogP contribution in [0.4, 0.5) is 0 Å². The summed E-state index contributed by atoms with van der Waals surface area (Å²) in [6, 6.07) is 8.20. The van der Waals surface area contributed by atoms with Crippen molar-refractivity contribution >= 4 is 33.2 Å². The molecule has 0 radical (unpaired) electrons. The van der Waals surface area contributed by atoms with Crippen LogP contribution < -0.4 is 5.56 Å². The van der Waals surface area contributed by atoms with Crippen LogP contribution in [-0.4, -0.2) is 37.3 Å². The Bertz CT molecular complexity index is 1320. The van der Waals surface area contributed by atoms with E-state index in [9.17, 15) is 4.79 Å². The highest BCUT2D eigenvalue weighted by Gasteiger charge is 2.26. The fraction of sp³-hybridized carbons (Fsp3) is 0.520. The van der Waals surface area contributed by atoms with E-state index in [0.717, 1.165) is 47.4 Å². The third kappa shape index (κ3) is 3.58. The van der Waals surface area contributed by atoms with Gasteiger partial charge in [-0.05, 0) is 38.3 Å². The van der Waals surface area contributed by atoms with E-state index in [1.54, 1.807) is 0 Å². The Morgan fingerprint density at radius 2 is 1.75 bits per heavy atom. The lowest BCUT2D eigenvalue weighted by Crippen LogP contribution is -2.26. The number of aromatic nitrogens is 5. The molecule has 1 aliphatic rings. The van der Waals surface area contributed by atoms with Gasteiger partial charge in [0.25, 0.3) is 5.56 Å². The van der Waals surface area contributed by atoms with Crippen molar-refractivity contribution in [3.63, 3.8) is 0 Å². The van der Waals surface area contributed by atoms with Crippen molar-refractivity contribution in [2.45, 2.75) is 71.4 Å². The maximum atomic E-state index is 13.8. The molecule has 7 heteroatoms. The number of ether oxygens (including phenoxy) is 1. The molecule has 0 bridgehead atoms. The Kier molecular flexibility index (Phi) is 5.91. The summed E-state index contributed by atoms with van der Waals surface area (Å²) in [5.41, 5.74) is 3.89. The standard InChI is InChI=1S/C25H31N5O2/c1-3-20-28-23-21(25(31)29(20)15-10-16-32-4-2)22-24(30(23)17-11-6-5-7-12-17)27-19-14-9-8-13-18(19)26-22/h8-9,13-14,17H,3-7,10-12,15-16H2,1-2H3. The Morgan fingerprint density at radius 1 is 1.00 bits per heavy atom. The van der Waals surface area contributed by atoms with E-state index < -0.39 is 0 Å². The van der Waals surface area contributed by atoms with Crippen molar-refractivity contribution in [3.05, 3.63) is 40.4 Å². The fourth-order valence-electron chi connectivity index (χ4n) is 5.05. The van der Waals surface area contributed by atoms with Crippen LogP contribution in [0.2, 0.25) is 0 Å². The molecule has 0 unspecified atom stereocenters. The topological polar surface area (TPSA) is 74.8 Å². The second-order valence-electron chi connectivity index (χ2n) is 8.63. The number of rotatable bonds is 7. The lowest BCUT2D eigenvalue weighted by Gasteiger charge is -2.24. The lowest BCUT2D eigenvalue weighted by molar-refractivity contribution is 0.141. The summed E-state index contributed by atoms with van der Waals surface area (Å²) in [4.78, 5) is 28.8. The number of benzene rings is 1. The maximum absolute atomic E-state index is 13.8. The molecule has 5 rings (SSSR count). The molecule has 1 aromatic carbocycles. The predicted octanol–water partition coefficient (Wildman–Crippen LogP) is 4.79. The van der Waals surface area contributed by atoms with Crippen LogP contribution in [-0.2, 0) is 17.7 Å². The molecule has 3 aromatic heterocycles. The highest BCUT2D eigenvalue weighted by atomic mass is 16.5. The number of nitrogens with zero attached hydrogens (tertiary/aromatic N) is 5. The first-order chi connectivity index (χ1) is 15.7. The zero-order valence-electron chi connectivity index (χ0n) is 19.0. The minimum Gasteiger partial charge on any atom is -0.382 e. The van der Waals surface area contributed by atoms with E-state index in [1.165, 1.54) is 19.3 Å². The predicted molar refractivity (Wildman–Crippen MR) is 127 cm³/mol. The SMILES string of the molecule is CCOCCCn1c(CC)nc2c(c1=O)c1nc3ccccc3nc1n2C1CCCCC1. The summed E-state index contributed by atoms with van der Waals surface area (Å²) in [5, 5.41) is 0.609. The fourth-order valence-corrected chi connectivity index (χ4v) is 5.05. The van der Waals surface area contributed by atoms with Gasteiger partial charge in [-0.25, -0.2) is 15.0 Å². The zero-order valence-corrected chi connectivity index (χ0v) is 19.0. The van der Waals surface area contributed by atoms with Crippen molar-refractivity contribution in [1.29, 1.82) is 0 Å².